The Hall–Kier alpha value is -3.07. The molecule has 0 aliphatic heterocycles. The van der Waals surface area contributed by atoms with Gasteiger partial charge < -0.3 is 10.5 Å². The maximum Gasteiger partial charge on any atom is 0.417 e. The van der Waals surface area contributed by atoms with Crippen molar-refractivity contribution in [2.45, 2.75) is 6.18 Å². The molecule has 3 rings (SSSR count). The number of esters is 1. The lowest BCUT2D eigenvalue weighted by atomic mass is 10.1. The third-order valence-electron chi connectivity index (χ3n) is 3.78. The zero-order valence-corrected chi connectivity index (χ0v) is 14.5. The largest absolute Gasteiger partial charge is 0.464 e. The van der Waals surface area contributed by atoms with E-state index in [-0.39, 0.29) is 17.0 Å². The Morgan fingerprint density at radius 3 is 2.56 bits per heavy atom. The first kappa shape index (κ1) is 18.7. The SMILES string of the molecule is COC(=O)/C(=C(\N)c1ccc(C(F)(F)F)c(Cl)c1)n1nnc2ccccc21. The first-order valence-corrected chi connectivity index (χ1v) is 7.88. The summed E-state index contributed by atoms with van der Waals surface area (Å²) in [7, 11) is 1.15. The van der Waals surface area contributed by atoms with Crippen molar-refractivity contribution < 1.29 is 22.7 Å². The second-order valence-corrected chi connectivity index (χ2v) is 5.84. The number of nitrogens with two attached hydrogens (primary N) is 1. The summed E-state index contributed by atoms with van der Waals surface area (Å²) < 4.78 is 44.6. The van der Waals surface area contributed by atoms with E-state index in [0.29, 0.717) is 11.0 Å². The van der Waals surface area contributed by atoms with Crippen LogP contribution in [0.1, 0.15) is 11.1 Å². The highest BCUT2D eigenvalue weighted by Gasteiger charge is 2.33. The average molecular weight is 397 g/mol. The number of hydrogen-bond donors (Lipinski definition) is 1. The molecular formula is C17H12ClF3N4O2. The summed E-state index contributed by atoms with van der Waals surface area (Å²) in [4.78, 5) is 12.3. The van der Waals surface area contributed by atoms with E-state index in [1.54, 1.807) is 24.3 Å². The number of carbonyl (C=O) groups excluding carboxylic acids is 1. The van der Waals surface area contributed by atoms with Crippen molar-refractivity contribution >= 4 is 40.0 Å². The zero-order chi connectivity index (χ0) is 19.8. The Balaban J connectivity index is 2.21. The fraction of sp³-hybridized carbons (Fsp3) is 0.118. The van der Waals surface area contributed by atoms with Crippen molar-refractivity contribution in [1.29, 1.82) is 0 Å². The highest BCUT2D eigenvalue weighted by molar-refractivity contribution is 6.31. The highest BCUT2D eigenvalue weighted by atomic mass is 35.5. The number of para-hydroxylation sites is 1. The molecule has 6 nitrogen and oxygen atoms in total. The molecule has 2 N–H and O–H groups in total. The van der Waals surface area contributed by atoms with Gasteiger partial charge in [-0.3, -0.25) is 0 Å². The molecule has 1 aromatic heterocycles. The van der Waals surface area contributed by atoms with Crippen LogP contribution in [0.5, 0.6) is 0 Å². The average Bonchev–Trinajstić information content (AvgIpc) is 3.04. The quantitative estimate of drug-likeness (QED) is 0.540. The molecule has 0 bridgehead atoms. The number of alkyl halides is 3. The summed E-state index contributed by atoms with van der Waals surface area (Å²) in [5.41, 5.74) is 5.79. The monoisotopic (exact) mass is 396 g/mol. The summed E-state index contributed by atoms with van der Waals surface area (Å²) in [6, 6.07) is 9.72. The first-order valence-electron chi connectivity index (χ1n) is 7.50. The van der Waals surface area contributed by atoms with Gasteiger partial charge in [-0.05, 0) is 24.3 Å². The lowest BCUT2D eigenvalue weighted by molar-refractivity contribution is -0.137. The van der Waals surface area contributed by atoms with Crippen LogP contribution in [0.15, 0.2) is 42.5 Å². The predicted molar refractivity (Wildman–Crippen MR) is 93.3 cm³/mol. The van der Waals surface area contributed by atoms with Crippen LogP contribution >= 0.6 is 11.6 Å². The van der Waals surface area contributed by atoms with E-state index in [4.69, 9.17) is 22.1 Å². The maximum absolute atomic E-state index is 12.9. The molecule has 27 heavy (non-hydrogen) atoms. The molecule has 3 aromatic rings. The van der Waals surface area contributed by atoms with Crippen molar-refractivity contribution in [2.24, 2.45) is 5.73 Å². The van der Waals surface area contributed by atoms with Crippen LogP contribution in [-0.2, 0) is 15.7 Å². The number of halogens is 4. The van der Waals surface area contributed by atoms with E-state index in [1.807, 2.05) is 0 Å². The standard InChI is InChI=1S/C17H12ClF3N4O2/c1-27-16(26)15(25-13-5-3-2-4-12(13)23-24-25)14(22)9-6-7-10(11(18)8-9)17(19,20)21/h2-8H,22H2,1H3/b15-14+. The number of rotatable bonds is 3. The van der Waals surface area contributed by atoms with Crippen LogP contribution in [0.4, 0.5) is 13.2 Å². The second kappa shape index (κ2) is 6.92. The van der Waals surface area contributed by atoms with Gasteiger partial charge >= 0.3 is 12.1 Å². The predicted octanol–water partition coefficient (Wildman–Crippen LogP) is 3.56. The van der Waals surface area contributed by atoms with Gasteiger partial charge in [-0.1, -0.05) is 35.0 Å². The van der Waals surface area contributed by atoms with E-state index < -0.39 is 22.7 Å². The fourth-order valence-electron chi connectivity index (χ4n) is 2.49. The molecule has 0 aliphatic rings. The Bertz CT molecular complexity index is 1060. The van der Waals surface area contributed by atoms with E-state index in [0.717, 1.165) is 25.3 Å². The molecule has 0 amide bonds. The van der Waals surface area contributed by atoms with Crippen molar-refractivity contribution in [3.05, 3.63) is 58.6 Å². The number of nitrogens with zero attached hydrogens (tertiary/aromatic N) is 3. The molecule has 0 unspecified atom stereocenters. The first-order chi connectivity index (χ1) is 12.7. The third kappa shape index (κ3) is 3.45. The summed E-state index contributed by atoms with van der Waals surface area (Å²) in [6.45, 7) is 0. The van der Waals surface area contributed by atoms with Gasteiger partial charge in [0, 0.05) is 5.56 Å². The summed E-state index contributed by atoms with van der Waals surface area (Å²) in [6.07, 6.45) is -4.61. The Labute approximate surface area is 156 Å². The van der Waals surface area contributed by atoms with E-state index in [9.17, 15) is 18.0 Å². The Morgan fingerprint density at radius 2 is 1.93 bits per heavy atom. The molecule has 0 atom stereocenters. The molecule has 0 spiro atoms. The molecule has 0 aliphatic carbocycles. The Kier molecular flexibility index (Phi) is 4.79. The van der Waals surface area contributed by atoms with Crippen molar-refractivity contribution in [3.8, 4) is 0 Å². The smallest absolute Gasteiger partial charge is 0.417 e. The van der Waals surface area contributed by atoms with Crippen LogP contribution in [0, 0.1) is 0 Å². The topological polar surface area (TPSA) is 83.0 Å². The van der Waals surface area contributed by atoms with Crippen molar-refractivity contribution in [1.82, 2.24) is 15.0 Å². The molecule has 140 valence electrons. The minimum Gasteiger partial charge on any atom is -0.464 e. The maximum atomic E-state index is 12.9. The van der Waals surface area contributed by atoms with E-state index >= 15 is 0 Å². The van der Waals surface area contributed by atoms with Crippen LogP contribution < -0.4 is 5.73 Å². The molecular weight excluding hydrogens is 385 g/mol. The van der Waals surface area contributed by atoms with Crippen LogP contribution in [-0.4, -0.2) is 28.1 Å². The fourth-order valence-corrected chi connectivity index (χ4v) is 2.78. The lowest BCUT2D eigenvalue weighted by Gasteiger charge is -2.13. The van der Waals surface area contributed by atoms with Crippen LogP contribution in [0.25, 0.3) is 22.4 Å². The van der Waals surface area contributed by atoms with Gasteiger partial charge in [0.2, 0.25) is 0 Å². The number of carbonyl (C=O) groups is 1. The van der Waals surface area contributed by atoms with Gasteiger partial charge in [0.05, 0.1) is 28.9 Å². The van der Waals surface area contributed by atoms with Gasteiger partial charge in [-0.25, -0.2) is 9.48 Å². The molecule has 2 aromatic carbocycles. The van der Waals surface area contributed by atoms with Gasteiger partial charge in [-0.2, -0.15) is 13.2 Å². The summed E-state index contributed by atoms with van der Waals surface area (Å²) in [5, 5.41) is 7.30. The molecule has 10 heteroatoms. The molecule has 1 heterocycles. The molecule has 0 fully saturated rings. The van der Waals surface area contributed by atoms with Gasteiger partial charge in [0.25, 0.3) is 0 Å². The van der Waals surface area contributed by atoms with Crippen LogP contribution in [0.3, 0.4) is 0 Å². The molecule has 0 radical (unpaired) electrons. The van der Waals surface area contributed by atoms with E-state index in [2.05, 4.69) is 10.3 Å². The molecule has 0 saturated heterocycles. The third-order valence-corrected chi connectivity index (χ3v) is 4.10. The van der Waals surface area contributed by atoms with Gasteiger partial charge in [-0.15, -0.1) is 5.10 Å². The minimum absolute atomic E-state index is 0.105. The highest BCUT2D eigenvalue weighted by Crippen LogP contribution is 2.36. The normalized spacial score (nSPS) is 12.8. The number of aromatic nitrogens is 3. The molecule has 0 saturated carbocycles. The number of methoxy groups -OCH3 is 1. The van der Waals surface area contributed by atoms with E-state index in [1.165, 1.54) is 4.68 Å². The van der Waals surface area contributed by atoms with Crippen LogP contribution in [0.2, 0.25) is 5.02 Å². The van der Waals surface area contributed by atoms with Gasteiger partial charge in [0.1, 0.15) is 5.52 Å². The number of fused-ring (bicyclic) bond motifs is 1. The second-order valence-electron chi connectivity index (χ2n) is 5.44. The lowest BCUT2D eigenvalue weighted by Crippen LogP contribution is -2.17. The zero-order valence-electron chi connectivity index (χ0n) is 13.8. The summed E-state index contributed by atoms with van der Waals surface area (Å²) in [5.74, 6) is -0.834. The minimum atomic E-state index is -4.61. The Morgan fingerprint density at radius 1 is 1.22 bits per heavy atom. The summed E-state index contributed by atoms with van der Waals surface area (Å²) >= 11 is 5.75. The van der Waals surface area contributed by atoms with Crippen molar-refractivity contribution in [2.75, 3.05) is 7.11 Å². The number of hydrogen-bond acceptors (Lipinski definition) is 5. The van der Waals surface area contributed by atoms with Gasteiger partial charge in [0.15, 0.2) is 5.70 Å². The number of benzene rings is 2. The number of ether oxygens (including phenoxy) is 1. The van der Waals surface area contributed by atoms with Crippen molar-refractivity contribution in [3.63, 3.8) is 0 Å².